The van der Waals surface area contributed by atoms with Crippen molar-refractivity contribution in [3.63, 3.8) is 0 Å². The molecule has 0 saturated carbocycles. The second-order valence-corrected chi connectivity index (χ2v) is 6.77. The Balaban J connectivity index is 5.22. The third-order valence-electron chi connectivity index (χ3n) is 3.69. The lowest BCUT2D eigenvalue weighted by Crippen LogP contribution is -2.58. The lowest BCUT2D eigenvalue weighted by Gasteiger charge is -2.25. The van der Waals surface area contributed by atoms with E-state index >= 15 is 0 Å². The first-order valence-electron chi connectivity index (χ1n) is 8.44. The van der Waals surface area contributed by atoms with Gasteiger partial charge in [0.2, 0.25) is 17.7 Å². The van der Waals surface area contributed by atoms with E-state index in [1.807, 2.05) is 0 Å². The molecule has 154 valence electrons. The molecule has 7 N–H and O–H groups in total. The van der Waals surface area contributed by atoms with E-state index in [1.165, 1.54) is 0 Å². The highest BCUT2D eigenvalue weighted by Gasteiger charge is 2.31. The lowest BCUT2D eigenvalue weighted by molar-refractivity contribution is -0.142. The Hall–Kier alpha value is -2.69. The van der Waals surface area contributed by atoms with E-state index in [9.17, 15) is 24.0 Å². The normalized spacial score (nSPS) is 14.2. The fourth-order valence-electron chi connectivity index (χ4n) is 2.02. The maximum Gasteiger partial charge on any atom is 0.322 e. The minimum absolute atomic E-state index is 0.233. The molecule has 3 unspecified atom stereocenters. The number of aliphatic carboxylic acids is 2. The summed E-state index contributed by atoms with van der Waals surface area (Å²) in [6, 6.07) is -3.48. The SMILES string of the molecule is CC(C)C(N)C(=O)NC(CC(=O)O)C(=O)NC(C(=O)NCC(=O)O)C(C)C. The van der Waals surface area contributed by atoms with Crippen LogP contribution in [-0.4, -0.2) is 64.5 Å². The molecular formula is C16H28N4O7. The molecule has 0 aromatic heterocycles. The Morgan fingerprint density at radius 3 is 1.78 bits per heavy atom. The van der Waals surface area contributed by atoms with Gasteiger partial charge < -0.3 is 31.9 Å². The van der Waals surface area contributed by atoms with Crippen LogP contribution in [0, 0.1) is 11.8 Å². The largest absolute Gasteiger partial charge is 0.481 e. The second kappa shape index (κ2) is 11.1. The van der Waals surface area contributed by atoms with E-state index in [0.717, 1.165) is 0 Å². The van der Waals surface area contributed by atoms with Crippen molar-refractivity contribution < 1.29 is 34.2 Å². The Kier molecular flexibility index (Phi) is 10.0. The highest BCUT2D eigenvalue weighted by molar-refractivity contribution is 5.95. The van der Waals surface area contributed by atoms with E-state index in [1.54, 1.807) is 27.7 Å². The molecule has 0 spiro atoms. The van der Waals surface area contributed by atoms with Gasteiger partial charge in [-0.2, -0.15) is 0 Å². The van der Waals surface area contributed by atoms with Gasteiger partial charge in [0, 0.05) is 0 Å². The van der Waals surface area contributed by atoms with Gasteiger partial charge in [-0.1, -0.05) is 27.7 Å². The number of carbonyl (C=O) groups excluding carboxylic acids is 3. The van der Waals surface area contributed by atoms with E-state index < -0.39 is 66.7 Å². The van der Waals surface area contributed by atoms with E-state index in [2.05, 4.69) is 16.0 Å². The fourth-order valence-corrected chi connectivity index (χ4v) is 2.02. The van der Waals surface area contributed by atoms with Crippen molar-refractivity contribution >= 4 is 29.7 Å². The molecule has 0 aromatic carbocycles. The molecule has 0 bridgehead atoms. The summed E-state index contributed by atoms with van der Waals surface area (Å²) in [5.74, 6) is -5.54. The van der Waals surface area contributed by atoms with Gasteiger partial charge >= 0.3 is 11.9 Å². The van der Waals surface area contributed by atoms with Crippen LogP contribution in [0.5, 0.6) is 0 Å². The standard InChI is InChI=1S/C16H28N4O7/c1-7(2)12(17)15(26)19-9(5-10(21)22)14(25)20-13(8(3)4)16(27)18-6-11(23)24/h7-9,12-13H,5-6,17H2,1-4H3,(H,18,27)(H,19,26)(H,20,25)(H,21,22)(H,23,24). The molecule has 0 aliphatic carbocycles. The Labute approximate surface area is 157 Å². The molecule has 0 aliphatic rings. The van der Waals surface area contributed by atoms with E-state index in [0.29, 0.717) is 0 Å². The first-order chi connectivity index (χ1) is 12.4. The molecule has 0 aromatic rings. The zero-order chi connectivity index (χ0) is 21.3. The number of nitrogens with one attached hydrogen (secondary N) is 3. The summed E-state index contributed by atoms with van der Waals surface area (Å²) in [4.78, 5) is 58.2. The predicted octanol–water partition coefficient (Wildman–Crippen LogP) is -1.73. The smallest absolute Gasteiger partial charge is 0.322 e. The topological polar surface area (TPSA) is 188 Å². The summed E-state index contributed by atoms with van der Waals surface area (Å²) < 4.78 is 0. The third kappa shape index (κ3) is 8.99. The van der Waals surface area contributed by atoms with Crippen LogP contribution in [0.4, 0.5) is 0 Å². The van der Waals surface area contributed by atoms with Crippen molar-refractivity contribution in [1.82, 2.24) is 16.0 Å². The number of rotatable bonds is 11. The molecule has 27 heavy (non-hydrogen) atoms. The maximum atomic E-state index is 12.4. The van der Waals surface area contributed by atoms with Crippen LogP contribution in [0.2, 0.25) is 0 Å². The van der Waals surface area contributed by atoms with Crippen LogP contribution in [0.15, 0.2) is 0 Å². The molecule has 0 aliphatic heterocycles. The number of hydrogen-bond acceptors (Lipinski definition) is 6. The van der Waals surface area contributed by atoms with Crippen LogP contribution < -0.4 is 21.7 Å². The van der Waals surface area contributed by atoms with Gasteiger partial charge in [0.15, 0.2) is 0 Å². The van der Waals surface area contributed by atoms with Crippen LogP contribution in [-0.2, 0) is 24.0 Å². The molecule has 11 nitrogen and oxygen atoms in total. The summed E-state index contributed by atoms with van der Waals surface area (Å²) >= 11 is 0. The number of carboxylic acids is 2. The quantitative estimate of drug-likeness (QED) is 0.241. The first-order valence-corrected chi connectivity index (χ1v) is 8.44. The Bertz CT molecular complexity index is 577. The van der Waals surface area contributed by atoms with E-state index in [-0.39, 0.29) is 5.92 Å². The predicted molar refractivity (Wildman–Crippen MR) is 94.4 cm³/mol. The monoisotopic (exact) mass is 388 g/mol. The van der Waals surface area contributed by atoms with E-state index in [4.69, 9.17) is 15.9 Å². The van der Waals surface area contributed by atoms with Crippen molar-refractivity contribution in [2.24, 2.45) is 17.6 Å². The third-order valence-corrected chi connectivity index (χ3v) is 3.69. The van der Waals surface area contributed by atoms with Gasteiger partial charge in [-0.05, 0) is 11.8 Å². The highest BCUT2D eigenvalue weighted by Crippen LogP contribution is 2.05. The second-order valence-electron chi connectivity index (χ2n) is 6.77. The van der Waals surface area contributed by atoms with Gasteiger partial charge in [-0.25, -0.2) is 0 Å². The molecule has 0 saturated heterocycles. The zero-order valence-corrected chi connectivity index (χ0v) is 15.8. The molecular weight excluding hydrogens is 360 g/mol. The van der Waals surface area contributed by atoms with Crippen LogP contribution in [0.25, 0.3) is 0 Å². The van der Waals surface area contributed by atoms with Gasteiger partial charge in [-0.3, -0.25) is 24.0 Å². The van der Waals surface area contributed by atoms with Gasteiger partial charge in [-0.15, -0.1) is 0 Å². The molecule has 0 fully saturated rings. The molecule has 0 radical (unpaired) electrons. The van der Waals surface area contributed by atoms with Crippen LogP contribution in [0.3, 0.4) is 0 Å². The molecule has 0 rings (SSSR count). The van der Waals surface area contributed by atoms with Gasteiger partial charge in [0.1, 0.15) is 18.6 Å². The van der Waals surface area contributed by atoms with Crippen molar-refractivity contribution in [2.45, 2.75) is 52.2 Å². The number of hydrogen-bond donors (Lipinski definition) is 6. The van der Waals surface area contributed by atoms with Crippen molar-refractivity contribution in [3.8, 4) is 0 Å². The minimum atomic E-state index is -1.44. The summed E-state index contributed by atoms with van der Waals surface area (Å²) in [7, 11) is 0. The number of carbonyl (C=O) groups is 5. The number of carboxylic acid groups (broad SMARTS) is 2. The zero-order valence-electron chi connectivity index (χ0n) is 15.8. The average molecular weight is 388 g/mol. The van der Waals surface area contributed by atoms with Gasteiger partial charge in [0.05, 0.1) is 12.5 Å². The fraction of sp³-hybridized carbons (Fsp3) is 0.688. The Morgan fingerprint density at radius 2 is 1.37 bits per heavy atom. The summed E-state index contributed by atoms with van der Waals surface area (Å²) in [5, 5.41) is 24.4. The molecule has 0 heterocycles. The summed E-state index contributed by atoms with van der Waals surface area (Å²) in [6.07, 6.45) is -0.704. The first kappa shape index (κ1) is 24.3. The van der Waals surface area contributed by atoms with Crippen molar-refractivity contribution in [3.05, 3.63) is 0 Å². The van der Waals surface area contributed by atoms with Crippen LogP contribution >= 0.6 is 0 Å². The molecule has 11 heteroatoms. The molecule has 3 atom stereocenters. The van der Waals surface area contributed by atoms with Gasteiger partial charge in [0.25, 0.3) is 0 Å². The highest BCUT2D eigenvalue weighted by atomic mass is 16.4. The maximum absolute atomic E-state index is 12.4. The number of nitrogens with two attached hydrogens (primary N) is 1. The minimum Gasteiger partial charge on any atom is -0.481 e. The average Bonchev–Trinajstić information content (AvgIpc) is 2.54. The van der Waals surface area contributed by atoms with Crippen molar-refractivity contribution in [2.75, 3.05) is 6.54 Å². The summed E-state index contributed by atoms with van der Waals surface area (Å²) in [6.45, 7) is 5.99. The summed E-state index contributed by atoms with van der Waals surface area (Å²) in [5.41, 5.74) is 5.69. The molecule has 3 amide bonds. The lowest BCUT2D eigenvalue weighted by atomic mass is 10.0. The Morgan fingerprint density at radius 1 is 0.815 bits per heavy atom. The van der Waals surface area contributed by atoms with Crippen LogP contribution in [0.1, 0.15) is 34.1 Å². The number of amides is 3. The van der Waals surface area contributed by atoms with Crippen molar-refractivity contribution in [1.29, 1.82) is 0 Å².